The number of nitrogens with one attached hydrogen (secondary N) is 2. The second kappa shape index (κ2) is 7.00. The van der Waals surface area contributed by atoms with E-state index in [-0.39, 0.29) is 0 Å². The molecular formula is C20H25N4OS+. The molecule has 6 heteroatoms. The lowest BCUT2D eigenvalue weighted by Gasteiger charge is -2.30. The second-order valence-electron chi connectivity index (χ2n) is 7.43. The van der Waals surface area contributed by atoms with Crippen molar-refractivity contribution in [2.24, 2.45) is 0 Å². The summed E-state index contributed by atoms with van der Waals surface area (Å²) in [6, 6.07) is 4.45. The van der Waals surface area contributed by atoms with Crippen molar-refractivity contribution < 1.29 is 9.32 Å². The van der Waals surface area contributed by atoms with Gasteiger partial charge in [-0.05, 0) is 56.2 Å². The van der Waals surface area contributed by atoms with Gasteiger partial charge in [0.1, 0.15) is 17.0 Å². The summed E-state index contributed by atoms with van der Waals surface area (Å²) in [7, 11) is 0. The number of hydrogen-bond acceptors (Lipinski definition) is 5. The van der Waals surface area contributed by atoms with Gasteiger partial charge in [-0.25, -0.2) is 9.97 Å². The highest BCUT2D eigenvalue weighted by molar-refractivity contribution is 7.19. The highest BCUT2D eigenvalue weighted by atomic mass is 32.1. The molecule has 1 aliphatic heterocycles. The number of fused-ring (bicyclic) bond motifs is 3. The highest BCUT2D eigenvalue weighted by Crippen LogP contribution is 2.39. The number of nitrogens with zero attached hydrogens (tertiary/aromatic N) is 2. The van der Waals surface area contributed by atoms with Crippen LogP contribution in [0.1, 0.15) is 47.9 Å². The Hall–Kier alpha value is -1.92. The van der Waals surface area contributed by atoms with Gasteiger partial charge in [0.2, 0.25) is 0 Å². The molecule has 1 aliphatic carbocycles. The molecule has 136 valence electrons. The summed E-state index contributed by atoms with van der Waals surface area (Å²) in [6.45, 7) is 3.29. The minimum Gasteiger partial charge on any atom is -0.463 e. The maximum Gasteiger partial charge on any atom is 0.163 e. The monoisotopic (exact) mass is 369 g/mol. The molecule has 0 amide bonds. The van der Waals surface area contributed by atoms with E-state index in [4.69, 9.17) is 4.42 Å². The smallest absolute Gasteiger partial charge is 0.163 e. The van der Waals surface area contributed by atoms with Crippen molar-refractivity contribution in [2.45, 2.75) is 44.6 Å². The van der Waals surface area contributed by atoms with Crippen LogP contribution in [0.25, 0.3) is 10.2 Å². The Morgan fingerprint density at radius 2 is 2.08 bits per heavy atom. The molecule has 5 nitrogen and oxygen atoms in total. The van der Waals surface area contributed by atoms with Gasteiger partial charge in [-0.15, -0.1) is 11.3 Å². The molecule has 1 saturated heterocycles. The Morgan fingerprint density at radius 3 is 2.92 bits per heavy atom. The van der Waals surface area contributed by atoms with Crippen molar-refractivity contribution in [3.8, 4) is 0 Å². The zero-order valence-corrected chi connectivity index (χ0v) is 15.8. The van der Waals surface area contributed by atoms with Gasteiger partial charge in [0.25, 0.3) is 0 Å². The number of rotatable bonds is 5. The molecule has 5 rings (SSSR count). The van der Waals surface area contributed by atoms with Gasteiger partial charge in [-0.2, -0.15) is 0 Å². The van der Waals surface area contributed by atoms with Crippen LogP contribution < -0.4 is 10.2 Å². The molecule has 0 saturated carbocycles. The van der Waals surface area contributed by atoms with Gasteiger partial charge in [0.05, 0.1) is 31.3 Å². The first-order chi connectivity index (χ1) is 12.9. The van der Waals surface area contributed by atoms with E-state index >= 15 is 0 Å². The minimum absolute atomic E-state index is 0.335. The van der Waals surface area contributed by atoms with Crippen LogP contribution in [-0.2, 0) is 12.8 Å². The third-order valence-electron chi connectivity index (χ3n) is 5.85. The fourth-order valence-corrected chi connectivity index (χ4v) is 5.78. The van der Waals surface area contributed by atoms with Gasteiger partial charge >= 0.3 is 0 Å². The maximum atomic E-state index is 5.79. The summed E-state index contributed by atoms with van der Waals surface area (Å²) in [5.41, 5.74) is 1.48. The molecule has 26 heavy (non-hydrogen) atoms. The topological polar surface area (TPSA) is 55.4 Å². The lowest BCUT2D eigenvalue weighted by atomic mass is 10.1. The van der Waals surface area contributed by atoms with Gasteiger partial charge in [0.15, 0.2) is 11.8 Å². The Labute approximate surface area is 157 Å². The van der Waals surface area contributed by atoms with E-state index in [0.29, 0.717) is 6.04 Å². The molecule has 4 heterocycles. The van der Waals surface area contributed by atoms with E-state index < -0.39 is 0 Å². The number of hydrogen-bond donors (Lipinski definition) is 2. The fourth-order valence-electron chi connectivity index (χ4n) is 4.55. The molecule has 2 N–H and O–H groups in total. The van der Waals surface area contributed by atoms with Crippen molar-refractivity contribution in [1.29, 1.82) is 0 Å². The number of furan rings is 1. The Morgan fingerprint density at radius 1 is 1.15 bits per heavy atom. The first kappa shape index (κ1) is 16.3. The Kier molecular flexibility index (Phi) is 4.38. The van der Waals surface area contributed by atoms with E-state index in [1.807, 2.05) is 17.4 Å². The number of thiophene rings is 1. The van der Waals surface area contributed by atoms with Crippen molar-refractivity contribution >= 4 is 27.4 Å². The van der Waals surface area contributed by atoms with E-state index in [1.165, 1.54) is 61.0 Å². The summed E-state index contributed by atoms with van der Waals surface area (Å²) in [5, 5.41) is 4.92. The first-order valence-corrected chi connectivity index (χ1v) is 10.6. The van der Waals surface area contributed by atoms with Crippen molar-refractivity contribution in [3.63, 3.8) is 0 Å². The van der Waals surface area contributed by atoms with E-state index in [9.17, 15) is 0 Å². The van der Waals surface area contributed by atoms with Crippen LogP contribution in [-0.4, -0.2) is 29.6 Å². The van der Waals surface area contributed by atoms with E-state index in [1.54, 1.807) is 17.5 Å². The molecule has 3 aromatic rings. The summed E-state index contributed by atoms with van der Waals surface area (Å²) < 4.78 is 5.79. The number of quaternary nitrogens is 1. The second-order valence-corrected chi connectivity index (χ2v) is 8.51. The van der Waals surface area contributed by atoms with Crippen LogP contribution in [0.4, 0.5) is 5.82 Å². The Bertz CT molecular complexity index is 883. The number of likely N-dealkylation sites (tertiary alicyclic amines) is 1. The predicted molar refractivity (Wildman–Crippen MR) is 104 cm³/mol. The van der Waals surface area contributed by atoms with Crippen molar-refractivity contribution in [2.75, 3.05) is 25.0 Å². The van der Waals surface area contributed by atoms with E-state index in [2.05, 4.69) is 21.4 Å². The minimum atomic E-state index is 0.335. The van der Waals surface area contributed by atoms with Crippen LogP contribution >= 0.6 is 11.3 Å². The number of aromatic nitrogens is 2. The van der Waals surface area contributed by atoms with Crippen LogP contribution in [0.2, 0.25) is 0 Å². The summed E-state index contributed by atoms with van der Waals surface area (Å²) in [6.07, 6.45) is 11.1. The third kappa shape index (κ3) is 2.91. The van der Waals surface area contributed by atoms with Crippen LogP contribution in [0.5, 0.6) is 0 Å². The zero-order chi connectivity index (χ0) is 17.3. The molecule has 1 fully saturated rings. The van der Waals surface area contributed by atoms with E-state index in [0.717, 1.165) is 29.4 Å². The highest BCUT2D eigenvalue weighted by Gasteiger charge is 2.29. The molecular weight excluding hydrogens is 344 g/mol. The molecule has 0 bridgehead atoms. The van der Waals surface area contributed by atoms with Gasteiger partial charge in [-0.3, -0.25) is 0 Å². The SMILES string of the molecule is c1coc([C@H](CNc2ncnc3sc4c(c23)CCC4)[NH+]2CCCCC2)c1. The predicted octanol–water partition coefficient (Wildman–Crippen LogP) is 3.00. The van der Waals surface area contributed by atoms with Crippen LogP contribution in [0.3, 0.4) is 0 Å². The molecule has 2 aliphatic rings. The average molecular weight is 370 g/mol. The number of aryl methyl sites for hydroxylation is 2. The molecule has 0 radical (unpaired) electrons. The van der Waals surface area contributed by atoms with Crippen LogP contribution in [0, 0.1) is 0 Å². The standard InChI is InChI=1S/C20H24N4OS/c1-2-9-24(10-3-1)15(16-7-5-11-25-16)12-21-19-18-14-6-4-8-17(14)26-20(18)23-13-22-19/h5,7,11,13,15H,1-4,6,8-10,12H2,(H,21,22,23)/p+1/t15-/m0/s1. The molecule has 0 spiro atoms. The van der Waals surface area contributed by atoms with Gasteiger partial charge in [0, 0.05) is 4.88 Å². The first-order valence-electron chi connectivity index (χ1n) is 9.77. The summed E-state index contributed by atoms with van der Waals surface area (Å²) in [5.74, 6) is 2.08. The summed E-state index contributed by atoms with van der Waals surface area (Å²) in [4.78, 5) is 13.4. The third-order valence-corrected chi connectivity index (χ3v) is 7.05. The molecule has 0 unspecified atom stereocenters. The molecule has 0 aromatic carbocycles. The number of anilines is 1. The van der Waals surface area contributed by atoms with Crippen LogP contribution in [0.15, 0.2) is 29.1 Å². The van der Waals surface area contributed by atoms with Gasteiger partial charge in [-0.1, -0.05) is 0 Å². The largest absolute Gasteiger partial charge is 0.463 e. The van der Waals surface area contributed by atoms with Crippen molar-refractivity contribution in [3.05, 3.63) is 40.9 Å². The molecule has 1 atom stereocenters. The van der Waals surface area contributed by atoms with Gasteiger partial charge < -0.3 is 14.6 Å². The van der Waals surface area contributed by atoms with Crippen molar-refractivity contribution in [1.82, 2.24) is 9.97 Å². The Balaban J connectivity index is 1.42. The molecule has 3 aromatic heterocycles. The normalized spacial score (nSPS) is 18.9. The quantitative estimate of drug-likeness (QED) is 0.726. The lowest BCUT2D eigenvalue weighted by molar-refractivity contribution is -0.935. The zero-order valence-electron chi connectivity index (χ0n) is 15.0. The average Bonchev–Trinajstić information content (AvgIpc) is 3.40. The fraction of sp³-hybridized carbons (Fsp3) is 0.500. The number of piperidine rings is 1. The maximum absolute atomic E-state index is 5.79. The lowest BCUT2D eigenvalue weighted by Crippen LogP contribution is -3.13. The summed E-state index contributed by atoms with van der Waals surface area (Å²) >= 11 is 1.85.